The molecule has 3 rings (SSSR count). The SMILES string of the molecule is Nn1c(SCC(=O)Nc2ccc(Br)cc2)nnc1-c1cccc(F)c1. The largest absolute Gasteiger partial charge is 0.335 e. The number of halogens is 2. The third-order valence-corrected chi connectivity index (χ3v) is 4.68. The van der Waals surface area contributed by atoms with Gasteiger partial charge in [0.15, 0.2) is 5.82 Å². The van der Waals surface area contributed by atoms with Gasteiger partial charge in [-0.1, -0.05) is 39.8 Å². The monoisotopic (exact) mass is 421 g/mol. The standard InChI is InChI=1S/C16H13BrFN5OS/c17-11-4-6-13(7-5-11)20-14(24)9-25-16-22-21-15(23(16)19)10-2-1-3-12(18)8-10/h1-8H,9,19H2,(H,20,24). The van der Waals surface area contributed by atoms with Crippen molar-refractivity contribution in [2.24, 2.45) is 0 Å². The maximum atomic E-state index is 13.3. The van der Waals surface area contributed by atoms with E-state index in [-0.39, 0.29) is 17.5 Å². The highest BCUT2D eigenvalue weighted by atomic mass is 79.9. The van der Waals surface area contributed by atoms with Gasteiger partial charge in [-0.3, -0.25) is 4.79 Å². The lowest BCUT2D eigenvalue weighted by Crippen LogP contribution is -2.16. The second-order valence-electron chi connectivity index (χ2n) is 5.03. The van der Waals surface area contributed by atoms with Crippen molar-refractivity contribution in [3.8, 4) is 11.4 Å². The molecule has 0 unspecified atom stereocenters. The molecule has 2 aromatic carbocycles. The lowest BCUT2D eigenvalue weighted by molar-refractivity contribution is -0.113. The van der Waals surface area contributed by atoms with Crippen molar-refractivity contribution in [3.63, 3.8) is 0 Å². The first-order valence-electron chi connectivity index (χ1n) is 7.17. The number of anilines is 1. The fourth-order valence-electron chi connectivity index (χ4n) is 2.06. The minimum Gasteiger partial charge on any atom is -0.335 e. The Morgan fingerprint density at radius 1 is 1.24 bits per heavy atom. The van der Waals surface area contributed by atoms with Crippen LogP contribution >= 0.6 is 27.7 Å². The Morgan fingerprint density at radius 3 is 2.72 bits per heavy atom. The highest BCUT2D eigenvalue weighted by Gasteiger charge is 2.14. The number of nitrogen functional groups attached to an aromatic ring is 1. The molecule has 1 aromatic heterocycles. The molecule has 0 aliphatic heterocycles. The number of rotatable bonds is 5. The summed E-state index contributed by atoms with van der Waals surface area (Å²) in [5.74, 6) is 5.82. The zero-order chi connectivity index (χ0) is 17.8. The lowest BCUT2D eigenvalue weighted by Gasteiger charge is -2.06. The Kier molecular flexibility index (Phi) is 5.34. The van der Waals surface area contributed by atoms with E-state index in [2.05, 4.69) is 31.4 Å². The average molecular weight is 422 g/mol. The van der Waals surface area contributed by atoms with Crippen molar-refractivity contribution in [1.82, 2.24) is 14.9 Å². The van der Waals surface area contributed by atoms with E-state index in [4.69, 9.17) is 5.84 Å². The summed E-state index contributed by atoms with van der Waals surface area (Å²) in [5, 5.41) is 11.1. The third-order valence-electron chi connectivity index (χ3n) is 3.21. The quantitative estimate of drug-likeness (QED) is 0.487. The predicted molar refractivity (Wildman–Crippen MR) is 99.1 cm³/mol. The minimum atomic E-state index is -0.386. The molecule has 0 radical (unpaired) electrons. The fourth-order valence-corrected chi connectivity index (χ4v) is 2.98. The number of nitrogens with two attached hydrogens (primary N) is 1. The van der Waals surface area contributed by atoms with Crippen molar-refractivity contribution >= 4 is 39.3 Å². The van der Waals surface area contributed by atoms with Crippen LogP contribution in [0.25, 0.3) is 11.4 Å². The Hall–Kier alpha value is -2.39. The third kappa shape index (κ3) is 4.37. The van der Waals surface area contributed by atoms with Crippen molar-refractivity contribution in [1.29, 1.82) is 0 Å². The number of nitrogens with zero attached hydrogens (tertiary/aromatic N) is 3. The number of amides is 1. The maximum absolute atomic E-state index is 13.3. The summed E-state index contributed by atoms with van der Waals surface area (Å²) in [6.07, 6.45) is 0. The van der Waals surface area contributed by atoms with Crippen molar-refractivity contribution in [2.45, 2.75) is 5.16 Å². The Morgan fingerprint density at radius 2 is 2.00 bits per heavy atom. The predicted octanol–water partition coefficient (Wildman–Crippen LogP) is 3.29. The van der Waals surface area contributed by atoms with Crippen LogP contribution in [-0.2, 0) is 4.79 Å². The van der Waals surface area contributed by atoms with Gasteiger partial charge in [0.2, 0.25) is 11.1 Å². The van der Waals surface area contributed by atoms with Gasteiger partial charge in [-0.25, -0.2) is 9.07 Å². The Labute approximate surface area is 155 Å². The van der Waals surface area contributed by atoms with Gasteiger partial charge in [-0.05, 0) is 36.4 Å². The molecule has 0 fully saturated rings. The smallest absolute Gasteiger partial charge is 0.234 e. The van der Waals surface area contributed by atoms with E-state index in [9.17, 15) is 9.18 Å². The van der Waals surface area contributed by atoms with Gasteiger partial charge in [-0.2, -0.15) is 0 Å². The van der Waals surface area contributed by atoms with Crippen LogP contribution in [0.15, 0.2) is 58.2 Å². The lowest BCUT2D eigenvalue weighted by atomic mass is 10.2. The van der Waals surface area contributed by atoms with Crippen LogP contribution in [0.5, 0.6) is 0 Å². The van der Waals surface area contributed by atoms with E-state index in [1.807, 2.05) is 12.1 Å². The molecule has 0 atom stereocenters. The molecule has 0 aliphatic rings. The molecule has 3 N–H and O–H groups in total. The molecule has 0 saturated carbocycles. The van der Waals surface area contributed by atoms with E-state index in [0.29, 0.717) is 22.2 Å². The normalized spacial score (nSPS) is 10.6. The Balaban J connectivity index is 1.64. The molecule has 128 valence electrons. The molecule has 0 spiro atoms. The van der Waals surface area contributed by atoms with Crippen LogP contribution in [0.3, 0.4) is 0 Å². The van der Waals surface area contributed by atoms with Crippen molar-refractivity contribution in [2.75, 3.05) is 16.9 Å². The number of hydrogen-bond acceptors (Lipinski definition) is 5. The second kappa shape index (κ2) is 7.66. The van der Waals surface area contributed by atoms with E-state index >= 15 is 0 Å². The van der Waals surface area contributed by atoms with Gasteiger partial charge in [0, 0.05) is 15.7 Å². The summed E-state index contributed by atoms with van der Waals surface area (Å²) in [6.45, 7) is 0. The second-order valence-corrected chi connectivity index (χ2v) is 6.89. The van der Waals surface area contributed by atoms with Gasteiger partial charge >= 0.3 is 0 Å². The first-order chi connectivity index (χ1) is 12.0. The number of benzene rings is 2. The highest BCUT2D eigenvalue weighted by molar-refractivity contribution is 9.10. The number of thioether (sulfide) groups is 1. The van der Waals surface area contributed by atoms with Gasteiger partial charge in [-0.15, -0.1) is 10.2 Å². The van der Waals surface area contributed by atoms with Crippen LogP contribution in [0.2, 0.25) is 0 Å². The van der Waals surface area contributed by atoms with Crippen molar-refractivity contribution < 1.29 is 9.18 Å². The molecule has 9 heteroatoms. The van der Waals surface area contributed by atoms with Crippen molar-refractivity contribution in [3.05, 3.63) is 58.8 Å². The van der Waals surface area contributed by atoms with Crippen LogP contribution in [-0.4, -0.2) is 26.5 Å². The average Bonchev–Trinajstić information content (AvgIpc) is 2.96. The molecule has 1 amide bonds. The van der Waals surface area contributed by atoms with Gasteiger partial charge < -0.3 is 11.2 Å². The highest BCUT2D eigenvalue weighted by Crippen LogP contribution is 2.22. The van der Waals surface area contributed by atoms with Crippen LogP contribution in [0.4, 0.5) is 10.1 Å². The van der Waals surface area contributed by atoms with E-state index in [0.717, 1.165) is 16.2 Å². The molecule has 3 aromatic rings. The maximum Gasteiger partial charge on any atom is 0.234 e. The molecule has 0 saturated heterocycles. The Bertz CT molecular complexity index is 900. The summed E-state index contributed by atoms with van der Waals surface area (Å²) in [7, 11) is 0. The molecular formula is C16H13BrFN5OS. The summed E-state index contributed by atoms with van der Waals surface area (Å²) in [5.41, 5.74) is 1.21. The minimum absolute atomic E-state index is 0.120. The van der Waals surface area contributed by atoms with E-state index in [1.54, 1.807) is 24.3 Å². The number of carbonyl (C=O) groups is 1. The summed E-state index contributed by atoms with van der Waals surface area (Å²) >= 11 is 4.48. The van der Waals surface area contributed by atoms with Gasteiger partial charge in [0.25, 0.3) is 0 Å². The van der Waals surface area contributed by atoms with Crippen LogP contribution in [0.1, 0.15) is 0 Å². The number of nitrogens with one attached hydrogen (secondary N) is 1. The first-order valence-corrected chi connectivity index (χ1v) is 8.95. The molecule has 6 nitrogen and oxygen atoms in total. The zero-order valence-corrected chi connectivity index (χ0v) is 15.2. The number of carbonyl (C=O) groups excluding carboxylic acids is 1. The zero-order valence-electron chi connectivity index (χ0n) is 12.8. The molecule has 25 heavy (non-hydrogen) atoms. The molecule has 1 heterocycles. The summed E-state index contributed by atoms with van der Waals surface area (Å²) in [6, 6.07) is 13.2. The molecule has 0 bridgehead atoms. The van der Waals surface area contributed by atoms with Crippen LogP contribution < -0.4 is 11.2 Å². The van der Waals surface area contributed by atoms with Crippen LogP contribution in [0, 0.1) is 5.82 Å². The summed E-state index contributed by atoms with van der Waals surface area (Å²) < 4.78 is 15.5. The topological polar surface area (TPSA) is 85.8 Å². The molecule has 0 aliphatic carbocycles. The first kappa shape index (κ1) is 17.4. The fraction of sp³-hybridized carbons (Fsp3) is 0.0625. The summed E-state index contributed by atoms with van der Waals surface area (Å²) in [4.78, 5) is 12.0. The van der Waals surface area contributed by atoms with Gasteiger partial charge in [0.05, 0.1) is 5.75 Å². The molecular weight excluding hydrogens is 409 g/mol. The van der Waals surface area contributed by atoms with E-state index in [1.165, 1.54) is 16.8 Å². The number of hydrogen-bond donors (Lipinski definition) is 2. The number of aromatic nitrogens is 3. The van der Waals surface area contributed by atoms with E-state index < -0.39 is 0 Å². The van der Waals surface area contributed by atoms with Gasteiger partial charge in [0.1, 0.15) is 5.82 Å².